The zero-order chi connectivity index (χ0) is 14.0. The summed E-state index contributed by atoms with van der Waals surface area (Å²) in [6.45, 7) is 6.90. The number of hydrogen-bond donors (Lipinski definition) is 1. The van der Waals surface area contributed by atoms with Crippen molar-refractivity contribution in [3.63, 3.8) is 0 Å². The maximum absolute atomic E-state index is 12.2. The van der Waals surface area contributed by atoms with E-state index in [9.17, 15) is 4.79 Å². The Hall–Kier alpha value is -0.490. The Kier molecular flexibility index (Phi) is 4.61. The zero-order valence-electron chi connectivity index (χ0n) is 11.6. The van der Waals surface area contributed by atoms with Crippen molar-refractivity contribution in [2.75, 3.05) is 6.54 Å². The van der Waals surface area contributed by atoms with Gasteiger partial charge in [0.05, 0.1) is 5.69 Å². The normalized spacial score (nSPS) is 23.6. The van der Waals surface area contributed by atoms with Gasteiger partial charge in [0.15, 0.2) is 0 Å². The third-order valence-electron chi connectivity index (χ3n) is 3.43. The van der Waals surface area contributed by atoms with Gasteiger partial charge in [0.2, 0.25) is 0 Å². The average Bonchev–Trinajstić information content (AvgIpc) is 2.93. The number of aromatic nitrogens is 2. The molecule has 1 heterocycles. The summed E-state index contributed by atoms with van der Waals surface area (Å²) in [5, 5.41) is 7.13. The van der Waals surface area contributed by atoms with Gasteiger partial charge in [-0.2, -0.15) is 0 Å². The minimum atomic E-state index is -0.145. The van der Waals surface area contributed by atoms with Gasteiger partial charge < -0.3 is 5.32 Å². The number of nitrogens with zero attached hydrogens (tertiary/aromatic N) is 2. The minimum Gasteiger partial charge on any atom is -0.351 e. The highest BCUT2D eigenvalue weighted by Crippen LogP contribution is 2.30. The average molecular weight is 346 g/mol. The number of amides is 1. The molecule has 1 saturated carbocycles. The molecule has 1 aromatic rings. The van der Waals surface area contributed by atoms with E-state index >= 15 is 0 Å². The number of hydrogen-bond acceptors (Lipinski definition) is 4. The molecule has 0 bridgehead atoms. The van der Waals surface area contributed by atoms with E-state index < -0.39 is 0 Å². The molecule has 0 saturated heterocycles. The van der Waals surface area contributed by atoms with Crippen LogP contribution in [0.25, 0.3) is 0 Å². The van der Waals surface area contributed by atoms with Crippen molar-refractivity contribution >= 4 is 33.4 Å². The van der Waals surface area contributed by atoms with Crippen molar-refractivity contribution in [2.24, 2.45) is 5.92 Å². The SMILES string of the molecule is CC(C)(C)c1nnsc1C(=O)NCC1CCC(Br)C1. The first-order chi connectivity index (χ1) is 8.88. The van der Waals surface area contributed by atoms with Crippen molar-refractivity contribution in [3.05, 3.63) is 10.6 Å². The van der Waals surface area contributed by atoms with Crippen LogP contribution in [0.5, 0.6) is 0 Å². The fourth-order valence-electron chi connectivity index (χ4n) is 2.35. The monoisotopic (exact) mass is 345 g/mol. The number of carbonyl (C=O) groups is 1. The van der Waals surface area contributed by atoms with Gasteiger partial charge >= 0.3 is 0 Å². The van der Waals surface area contributed by atoms with E-state index in [1.165, 1.54) is 24.4 Å². The number of halogens is 1. The Bertz CT molecular complexity index is 455. The Morgan fingerprint density at radius 1 is 1.47 bits per heavy atom. The Morgan fingerprint density at radius 2 is 2.21 bits per heavy atom. The second-order valence-electron chi connectivity index (χ2n) is 6.19. The molecular weight excluding hydrogens is 326 g/mol. The smallest absolute Gasteiger partial charge is 0.264 e. The Labute approximate surface area is 126 Å². The molecule has 106 valence electrons. The molecule has 1 fully saturated rings. The first kappa shape index (κ1) is 14.9. The Balaban J connectivity index is 1.95. The first-order valence-corrected chi connectivity index (χ1v) is 8.32. The molecule has 1 aromatic heterocycles. The van der Waals surface area contributed by atoms with E-state index in [1.54, 1.807) is 0 Å². The van der Waals surface area contributed by atoms with Crippen LogP contribution in [0, 0.1) is 5.92 Å². The number of nitrogens with one attached hydrogen (secondary N) is 1. The molecule has 0 radical (unpaired) electrons. The lowest BCUT2D eigenvalue weighted by molar-refractivity contribution is 0.0949. The van der Waals surface area contributed by atoms with Crippen molar-refractivity contribution in [1.29, 1.82) is 0 Å². The lowest BCUT2D eigenvalue weighted by Gasteiger charge is -2.16. The van der Waals surface area contributed by atoms with Crippen LogP contribution < -0.4 is 5.32 Å². The molecule has 1 aliphatic carbocycles. The quantitative estimate of drug-likeness (QED) is 0.856. The van der Waals surface area contributed by atoms with Crippen LogP contribution in [-0.2, 0) is 5.41 Å². The van der Waals surface area contributed by atoms with Crippen molar-refractivity contribution in [1.82, 2.24) is 14.9 Å². The molecular formula is C13H20BrN3OS. The molecule has 1 aliphatic rings. The number of rotatable bonds is 3. The van der Waals surface area contributed by atoms with Gasteiger partial charge in [-0.05, 0) is 36.7 Å². The van der Waals surface area contributed by atoms with E-state index in [2.05, 4.69) is 30.8 Å². The largest absolute Gasteiger partial charge is 0.351 e. The van der Waals surface area contributed by atoms with Crippen molar-refractivity contribution in [2.45, 2.75) is 50.3 Å². The highest BCUT2D eigenvalue weighted by molar-refractivity contribution is 9.09. The molecule has 2 atom stereocenters. The van der Waals surface area contributed by atoms with Crippen LogP contribution in [0.15, 0.2) is 0 Å². The predicted octanol–water partition coefficient (Wildman–Crippen LogP) is 3.13. The molecule has 0 spiro atoms. The highest BCUT2D eigenvalue weighted by Gasteiger charge is 2.27. The third kappa shape index (κ3) is 3.75. The standard InChI is InChI=1S/C13H20BrN3OS/c1-13(2,3)11-10(19-17-16-11)12(18)15-7-8-4-5-9(14)6-8/h8-9H,4-7H2,1-3H3,(H,15,18). The summed E-state index contributed by atoms with van der Waals surface area (Å²) >= 11 is 4.82. The second kappa shape index (κ2) is 5.87. The molecule has 1 N–H and O–H groups in total. The molecule has 2 unspecified atom stereocenters. The minimum absolute atomic E-state index is 0.0297. The van der Waals surface area contributed by atoms with Gasteiger partial charge in [-0.25, -0.2) is 0 Å². The van der Waals surface area contributed by atoms with Crippen LogP contribution in [0.2, 0.25) is 0 Å². The summed E-state index contributed by atoms with van der Waals surface area (Å²) in [4.78, 5) is 13.5. The molecule has 6 heteroatoms. The predicted molar refractivity (Wildman–Crippen MR) is 81.0 cm³/mol. The molecule has 2 rings (SSSR count). The van der Waals surface area contributed by atoms with Crippen LogP contribution in [-0.4, -0.2) is 26.9 Å². The number of alkyl halides is 1. The highest BCUT2D eigenvalue weighted by atomic mass is 79.9. The summed E-state index contributed by atoms with van der Waals surface area (Å²) in [5.74, 6) is 0.560. The third-order valence-corrected chi connectivity index (χ3v) is 4.99. The van der Waals surface area contributed by atoms with Gasteiger partial charge in [0.25, 0.3) is 5.91 Å². The lowest BCUT2D eigenvalue weighted by atomic mass is 9.91. The van der Waals surface area contributed by atoms with Gasteiger partial charge in [-0.3, -0.25) is 4.79 Å². The van der Waals surface area contributed by atoms with Crippen molar-refractivity contribution < 1.29 is 4.79 Å². The molecule has 19 heavy (non-hydrogen) atoms. The molecule has 0 aliphatic heterocycles. The molecule has 4 nitrogen and oxygen atoms in total. The first-order valence-electron chi connectivity index (χ1n) is 6.63. The summed E-state index contributed by atoms with van der Waals surface area (Å²) in [7, 11) is 0. The molecule has 0 aromatic carbocycles. The van der Waals surface area contributed by atoms with E-state index in [0.29, 0.717) is 15.6 Å². The summed E-state index contributed by atoms with van der Waals surface area (Å²) in [5.41, 5.74) is 0.647. The van der Waals surface area contributed by atoms with Crippen molar-refractivity contribution in [3.8, 4) is 0 Å². The maximum Gasteiger partial charge on any atom is 0.264 e. The fraction of sp³-hybridized carbons (Fsp3) is 0.769. The number of carbonyl (C=O) groups excluding carboxylic acids is 1. The van der Waals surface area contributed by atoms with Crippen LogP contribution >= 0.6 is 27.5 Å². The fourth-order valence-corrected chi connectivity index (χ4v) is 3.93. The van der Waals surface area contributed by atoms with E-state index in [0.717, 1.165) is 18.7 Å². The van der Waals surface area contributed by atoms with E-state index in [4.69, 9.17) is 0 Å². The van der Waals surface area contributed by atoms with Crippen LogP contribution in [0.3, 0.4) is 0 Å². The molecule has 1 amide bonds. The van der Waals surface area contributed by atoms with Gasteiger partial charge in [0, 0.05) is 16.8 Å². The lowest BCUT2D eigenvalue weighted by Crippen LogP contribution is -2.30. The van der Waals surface area contributed by atoms with Gasteiger partial charge in [-0.1, -0.05) is 41.2 Å². The van der Waals surface area contributed by atoms with E-state index in [-0.39, 0.29) is 11.3 Å². The van der Waals surface area contributed by atoms with Gasteiger partial charge in [-0.15, -0.1) is 5.10 Å². The second-order valence-corrected chi connectivity index (χ2v) is 8.24. The van der Waals surface area contributed by atoms with E-state index in [1.807, 2.05) is 20.8 Å². The summed E-state index contributed by atoms with van der Waals surface area (Å²) < 4.78 is 3.92. The topological polar surface area (TPSA) is 54.9 Å². The summed E-state index contributed by atoms with van der Waals surface area (Å²) in [6.07, 6.45) is 3.53. The maximum atomic E-state index is 12.2. The summed E-state index contributed by atoms with van der Waals surface area (Å²) in [6, 6.07) is 0. The Morgan fingerprint density at radius 3 is 2.79 bits per heavy atom. The van der Waals surface area contributed by atoms with Gasteiger partial charge in [0.1, 0.15) is 4.88 Å². The van der Waals surface area contributed by atoms with Crippen LogP contribution in [0.1, 0.15) is 55.4 Å². The van der Waals surface area contributed by atoms with Crippen LogP contribution in [0.4, 0.5) is 0 Å². The zero-order valence-corrected chi connectivity index (χ0v) is 14.0.